The number of ether oxygens (including phenoxy) is 1. The number of thioether (sulfide) groups is 1. The molecule has 0 unspecified atom stereocenters. The summed E-state index contributed by atoms with van der Waals surface area (Å²) in [7, 11) is 0. The Hall–Kier alpha value is -1.98. The van der Waals surface area contributed by atoms with Gasteiger partial charge in [-0.1, -0.05) is 29.8 Å². The van der Waals surface area contributed by atoms with Gasteiger partial charge in [0.25, 0.3) is 5.91 Å². The Balaban J connectivity index is 1.36. The minimum Gasteiger partial charge on any atom is -0.455 e. The molecule has 1 N–H and O–H groups in total. The molecule has 0 aliphatic heterocycles. The average molecular weight is 390 g/mol. The molecule has 0 spiro atoms. The molecule has 3 rings (SSSR count). The number of esters is 1. The number of halogens is 1. The highest BCUT2D eigenvalue weighted by Crippen LogP contribution is 2.27. The second kappa shape index (κ2) is 9.10. The SMILES string of the molecule is O=C(COC(=O)CSc1ccc2c(c1)CCC2)NCc1cccc(Cl)c1. The van der Waals surface area contributed by atoms with Gasteiger partial charge in [-0.05, 0) is 60.2 Å². The van der Waals surface area contributed by atoms with Crippen LogP contribution in [0.5, 0.6) is 0 Å². The van der Waals surface area contributed by atoms with Crippen LogP contribution in [-0.4, -0.2) is 24.2 Å². The van der Waals surface area contributed by atoms with Gasteiger partial charge in [-0.2, -0.15) is 0 Å². The lowest BCUT2D eigenvalue weighted by atomic mass is 10.1. The first-order chi connectivity index (χ1) is 12.6. The number of benzene rings is 2. The molecule has 1 amide bonds. The summed E-state index contributed by atoms with van der Waals surface area (Å²) in [4.78, 5) is 24.7. The molecule has 0 atom stereocenters. The van der Waals surface area contributed by atoms with Gasteiger partial charge in [0.15, 0.2) is 6.61 Å². The summed E-state index contributed by atoms with van der Waals surface area (Å²) in [5.74, 6) is -0.533. The van der Waals surface area contributed by atoms with Crippen LogP contribution in [0.25, 0.3) is 0 Å². The number of rotatable bonds is 7. The van der Waals surface area contributed by atoms with Gasteiger partial charge in [0.2, 0.25) is 0 Å². The largest absolute Gasteiger partial charge is 0.455 e. The van der Waals surface area contributed by atoms with Crippen molar-refractivity contribution in [1.29, 1.82) is 0 Å². The van der Waals surface area contributed by atoms with E-state index in [1.54, 1.807) is 12.1 Å². The van der Waals surface area contributed by atoms with E-state index in [0.717, 1.165) is 23.3 Å². The Morgan fingerprint density at radius 3 is 2.81 bits per heavy atom. The lowest BCUT2D eigenvalue weighted by Gasteiger charge is -2.08. The molecule has 4 nitrogen and oxygen atoms in total. The van der Waals surface area contributed by atoms with E-state index in [2.05, 4.69) is 17.4 Å². The highest BCUT2D eigenvalue weighted by atomic mass is 35.5. The van der Waals surface area contributed by atoms with Gasteiger partial charge in [0.05, 0.1) is 5.75 Å². The molecule has 2 aromatic rings. The summed E-state index contributed by atoms with van der Waals surface area (Å²) in [6.07, 6.45) is 3.46. The van der Waals surface area contributed by atoms with Crippen molar-refractivity contribution >= 4 is 35.2 Å². The smallest absolute Gasteiger partial charge is 0.316 e. The molecule has 0 aromatic heterocycles. The molecule has 2 aromatic carbocycles. The first-order valence-corrected chi connectivity index (χ1v) is 9.88. The van der Waals surface area contributed by atoms with Crippen LogP contribution >= 0.6 is 23.4 Å². The number of aryl methyl sites for hydroxylation is 2. The summed E-state index contributed by atoms with van der Waals surface area (Å²) < 4.78 is 5.03. The highest BCUT2D eigenvalue weighted by molar-refractivity contribution is 8.00. The minimum absolute atomic E-state index is 0.195. The molecule has 0 fully saturated rings. The monoisotopic (exact) mass is 389 g/mol. The standard InChI is InChI=1S/C20H20ClNO3S/c21-17-6-1-3-14(9-17)11-22-19(23)12-25-20(24)13-26-18-8-7-15-4-2-5-16(15)10-18/h1,3,6-10H,2,4-5,11-13H2,(H,22,23). The van der Waals surface area contributed by atoms with E-state index >= 15 is 0 Å². The molecule has 0 saturated carbocycles. The summed E-state index contributed by atoms with van der Waals surface area (Å²) in [5.41, 5.74) is 3.68. The molecule has 1 aliphatic rings. The summed E-state index contributed by atoms with van der Waals surface area (Å²) in [5, 5.41) is 3.32. The summed E-state index contributed by atoms with van der Waals surface area (Å²) in [6, 6.07) is 13.6. The lowest BCUT2D eigenvalue weighted by molar-refractivity contribution is -0.145. The van der Waals surface area contributed by atoms with Crippen LogP contribution in [0, 0.1) is 0 Å². The molecule has 136 valence electrons. The topological polar surface area (TPSA) is 55.4 Å². The second-order valence-electron chi connectivity index (χ2n) is 6.14. The number of nitrogens with one attached hydrogen (secondary N) is 1. The van der Waals surface area contributed by atoms with Crippen molar-refractivity contribution in [3.63, 3.8) is 0 Å². The van der Waals surface area contributed by atoms with Gasteiger partial charge in [0, 0.05) is 16.5 Å². The van der Waals surface area contributed by atoms with E-state index in [1.165, 1.54) is 29.3 Å². The third-order valence-electron chi connectivity index (χ3n) is 4.17. The Morgan fingerprint density at radius 2 is 1.96 bits per heavy atom. The molecule has 0 radical (unpaired) electrons. The Labute approximate surface area is 162 Å². The second-order valence-corrected chi connectivity index (χ2v) is 7.63. The Morgan fingerprint density at radius 1 is 1.12 bits per heavy atom. The molecule has 0 bridgehead atoms. The number of carbonyl (C=O) groups excluding carboxylic acids is 2. The van der Waals surface area contributed by atoms with E-state index < -0.39 is 5.97 Å². The van der Waals surface area contributed by atoms with Crippen molar-refractivity contribution in [1.82, 2.24) is 5.32 Å². The van der Waals surface area contributed by atoms with Crippen molar-refractivity contribution in [3.8, 4) is 0 Å². The van der Waals surface area contributed by atoms with Crippen molar-refractivity contribution in [2.45, 2.75) is 30.7 Å². The molecule has 0 saturated heterocycles. The van der Waals surface area contributed by atoms with Crippen LogP contribution in [0.15, 0.2) is 47.4 Å². The molecular formula is C20H20ClNO3S. The van der Waals surface area contributed by atoms with Crippen LogP contribution < -0.4 is 5.32 Å². The van der Waals surface area contributed by atoms with Crippen LogP contribution in [0.1, 0.15) is 23.1 Å². The Kier molecular flexibility index (Phi) is 6.58. The van der Waals surface area contributed by atoms with Crippen molar-refractivity contribution in [2.75, 3.05) is 12.4 Å². The lowest BCUT2D eigenvalue weighted by Crippen LogP contribution is -2.28. The minimum atomic E-state index is -0.395. The highest BCUT2D eigenvalue weighted by Gasteiger charge is 2.12. The van der Waals surface area contributed by atoms with Gasteiger partial charge in [-0.15, -0.1) is 11.8 Å². The van der Waals surface area contributed by atoms with E-state index in [1.807, 2.05) is 18.2 Å². The zero-order valence-electron chi connectivity index (χ0n) is 14.3. The number of fused-ring (bicyclic) bond motifs is 1. The maximum absolute atomic E-state index is 11.8. The quantitative estimate of drug-likeness (QED) is 0.578. The normalized spacial score (nSPS) is 12.5. The maximum atomic E-state index is 11.8. The number of carbonyl (C=O) groups is 2. The fourth-order valence-electron chi connectivity index (χ4n) is 2.87. The first kappa shape index (κ1) is 18.8. The van der Waals surface area contributed by atoms with E-state index in [4.69, 9.17) is 16.3 Å². The number of amides is 1. The van der Waals surface area contributed by atoms with Gasteiger partial charge >= 0.3 is 5.97 Å². The third kappa shape index (κ3) is 5.51. The predicted molar refractivity (Wildman–Crippen MR) is 103 cm³/mol. The van der Waals surface area contributed by atoms with Crippen molar-refractivity contribution in [3.05, 3.63) is 64.2 Å². The Bertz CT molecular complexity index is 809. The van der Waals surface area contributed by atoms with Crippen LogP contribution in [-0.2, 0) is 33.7 Å². The van der Waals surface area contributed by atoms with E-state index in [-0.39, 0.29) is 18.3 Å². The van der Waals surface area contributed by atoms with Gasteiger partial charge in [-0.3, -0.25) is 9.59 Å². The van der Waals surface area contributed by atoms with E-state index in [0.29, 0.717) is 11.6 Å². The average Bonchev–Trinajstić information content (AvgIpc) is 3.11. The van der Waals surface area contributed by atoms with Gasteiger partial charge in [0.1, 0.15) is 0 Å². The fraction of sp³-hybridized carbons (Fsp3) is 0.300. The van der Waals surface area contributed by atoms with Crippen molar-refractivity contribution in [2.24, 2.45) is 0 Å². The molecule has 0 heterocycles. The van der Waals surface area contributed by atoms with Crippen LogP contribution in [0.3, 0.4) is 0 Å². The molecule has 6 heteroatoms. The van der Waals surface area contributed by atoms with Crippen molar-refractivity contribution < 1.29 is 14.3 Å². The van der Waals surface area contributed by atoms with Gasteiger partial charge < -0.3 is 10.1 Å². The third-order valence-corrected chi connectivity index (χ3v) is 5.37. The first-order valence-electron chi connectivity index (χ1n) is 8.51. The fourth-order valence-corrected chi connectivity index (χ4v) is 3.84. The zero-order valence-corrected chi connectivity index (χ0v) is 15.9. The number of hydrogen-bond acceptors (Lipinski definition) is 4. The number of hydrogen-bond donors (Lipinski definition) is 1. The molecule has 1 aliphatic carbocycles. The molecular weight excluding hydrogens is 370 g/mol. The summed E-state index contributed by atoms with van der Waals surface area (Å²) in [6.45, 7) is 0.0744. The zero-order chi connectivity index (χ0) is 18.4. The summed E-state index contributed by atoms with van der Waals surface area (Å²) >= 11 is 7.33. The predicted octanol–water partition coefficient (Wildman–Crippen LogP) is 3.78. The van der Waals surface area contributed by atoms with Crippen LogP contribution in [0.2, 0.25) is 5.02 Å². The maximum Gasteiger partial charge on any atom is 0.316 e. The van der Waals surface area contributed by atoms with Crippen LogP contribution in [0.4, 0.5) is 0 Å². The van der Waals surface area contributed by atoms with Gasteiger partial charge in [-0.25, -0.2) is 0 Å². The molecule has 26 heavy (non-hydrogen) atoms. The van der Waals surface area contributed by atoms with E-state index in [9.17, 15) is 9.59 Å².